The second kappa shape index (κ2) is 8.39. The Hall–Kier alpha value is -2.61. The van der Waals surface area contributed by atoms with E-state index in [0.29, 0.717) is 24.2 Å². The van der Waals surface area contributed by atoms with Crippen LogP contribution in [0.3, 0.4) is 0 Å². The first-order chi connectivity index (χ1) is 13.0. The molecule has 4 N–H and O–H groups in total. The minimum Gasteiger partial charge on any atom is -0.383 e. The zero-order chi connectivity index (χ0) is 19.4. The van der Waals surface area contributed by atoms with Crippen molar-refractivity contribution in [3.63, 3.8) is 0 Å². The lowest BCUT2D eigenvalue weighted by Crippen LogP contribution is -2.45. The summed E-state index contributed by atoms with van der Waals surface area (Å²) in [4.78, 5) is 28.9. The molecular formula is C19H25N5O2S. The zero-order valence-electron chi connectivity index (χ0n) is 15.4. The smallest absolute Gasteiger partial charge is 0.330 e. The molecule has 0 unspecified atom stereocenters. The second-order valence-corrected chi connectivity index (χ2v) is 7.18. The van der Waals surface area contributed by atoms with Gasteiger partial charge >= 0.3 is 5.69 Å². The van der Waals surface area contributed by atoms with Crippen LogP contribution in [0.2, 0.25) is 0 Å². The van der Waals surface area contributed by atoms with E-state index < -0.39 is 11.2 Å². The molecule has 0 bridgehead atoms. The molecule has 0 radical (unpaired) electrons. The molecule has 1 fully saturated rings. The fourth-order valence-electron chi connectivity index (χ4n) is 2.88. The molecule has 1 aliphatic rings. The monoisotopic (exact) mass is 387 g/mol. The van der Waals surface area contributed by atoms with Crippen molar-refractivity contribution in [1.29, 1.82) is 0 Å². The Morgan fingerprint density at radius 3 is 2.67 bits per heavy atom. The molecule has 0 aliphatic heterocycles. The van der Waals surface area contributed by atoms with E-state index in [-0.39, 0.29) is 11.5 Å². The van der Waals surface area contributed by atoms with Crippen LogP contribution in [0.1, 0.15) is 38.2 Å². The largest absolute Gasteiger partial charge is 0.383 e. The number of hydrogen-bond acceptors (Lipinski definition) is 4. The second-order valence-electron chi connectivity index (χ2n) is 6.79. The van der Waals surface area contributed by atoms with Crippen LogP contribution < -0.4 is 27.2 Å². The van der Waals surface area contributed by atoms with Crippen LogP contribution in [0.5, 0.6) is 0 Å². The first-order valence-corrected chi connectivity index (χ1v) is 9.66. The van der Waals surface area contributed by atoms with E-state index in [1.165, 1.54) is 4.57 Å². The van der Waals surface area contributed by atoms with Gasteiger partial charge in [0, 0.05) is 12.6 Å². The lowest BCUT2D eigenvalue weighted by Gasteiger charge is -2.27. The van der Waals surface area contributed by atoms with Crippen LogP contribution in [-0.2, 0) is 13.1 Å². The molecule has 27 heavy (non-hydrogen) atoms. The Kier molecular flexibility index (Phi) is 5.95. The van der Waals surface area contributed by atoms with Gasteiger partial charge in [-0.1, -0.05) is 43.7 Å². The molecule has 7 nitrogen and oxygen atoms in total. The van der Waals surface area contributed by atoms with E-state index >= 15 is 0 Å². The van der Waals surface area contributed by atoms with E-state index in [2.05, 4.69) is 10.3 Å². The molecule has 0 spiro atoms. The highest BCUT2D eigenvalue weighted by molar-refractivity contribution is 7.80. The number of hydrogen-bond donors (Lipinski definition) is 3. The molecule has 144 valence electrons. The van der Waals surface area contributed by atoms with Crippen LogP contribution >= 0.6 is 12.2 Å². The van der Waals surface area contributed by atoms with Gasteiger partial charge in [0.2, 0.25) is 0 Å². The Labute approximate surface area is 163 Å². The molecule has 1 heterocycles. The first-order valence-electron chi connectivity index (χ1n) is 9.25. The Morgan fingerprint density at radius 2 is 2.04 bits per heavy atom. The number of nitrogens with two attached hydrogens (primary N) is 1. The Bertz CT molecular complexity index is 918. The van der Waals surface area contributed by atoms with E-state index in [4.69, 9.17) is 18.0 Å². The molecule has 3 rings (SSSR count). The minimum atomic E-state index is -0.527. The van der Waals surface area contributed by atoms with E-state index in [1.807, 2.05) is 37.3 Å². The third-order valence-corrected chi connectivity index (χ3v) is 4.89. The summed E-state index contributed by atoms with van der Waals surface area (Å²) in [5.41, 5.74) is 6.47. The van der Waals surface area contributed by atoms with Crippen molar-refractivity contribution < 1.29 is 0 Å². The van der Waals surface area contributed by atoms with Gasteiger partial charge in [-0.25, -0.2) is 4.79 Å². The molecule has 1 aromatic carbocycles. The predicted octanol–water partition coefficient (Wildman–Crippen LogP) is 1.96. The van der Waals surface area contributed by atoms with Gasteiger partial charge in [0.25, 0.3) is 5.56 Å². The lowest BCUT2D eigenvalue weighted by atomic mass is 10.2. The van der Waals surface area contributed by atoms with Crippen molar-refractivity contribution in [2.45, 2.75) is 51.7 Å². The standard InChI is InChI=1S/C19H25N5O2S/c1-2-3-11-23-16(20)15(17(25)22-18(23)26)24(19(27)21-14-9-10-14)12-13-7-5-4-6-8-13/h4-8,14H,2-3,9-12,20H2,1H3,(H,21,27)(H,22,25,26). The maximum atomic E-state index is 12.6. The van der Waals surface area contributed by atoms with Gasteiger partial charge < -0.3 is 16.0 Å². The van der Waals surface area contributed by atoms with E-state index in [0.717, 1.165) is 31.2 Å². The average Bonchev–Trinajstić information content (AvgIpc) is 3.45. The van der Waals surface area contributed by atoms with E-state index in [1.54, 1.807) is 4.90 Å². The summed E-state index contributed by atoms with van der Waals surface area (Å²) in [5.74, 6) is 0.146. The molecule has 1 aliphatic carbocycles. The molecule has 0 amide bonds. The van der Waals surface area contributed by atoms with Crippen molar-refractivity contribution in [2.75, 3.05) is 10.6 Å². The zero-order valence-corrected chi connectivity index (χ0v) is 16.2. The highest BCUT2D eigenvalue weighted by Gasteiger charge is 2.27. The highest BCUT2D eigenvalue weighted by atomic mass is 32.1. The predicted molar refractivity (Wildman–Crippen MR) is 112 cm³/mol. The molecule has 1 aromatic heterocycles. The lowest BCUT2D eigenvalue weighted by molar-refractivity contribution is 0.604. The fourth-order valence-corrected chi connectivity index (χ4v) is 3.20. The Balaban J connectivity index is 2.03. The maximum absolute atomic E-state index is 12.6. The summed E-state index contributed by atoms with van der Waals surface area (Å²) in [5, 5.41) is 3.71. The normalized spacial score (nSPS) is 13.4. The first kappa shape index (κ1) is 19.2. The summed E-state index contributed by atoms with van der Waals surface area (Å²) < 4.78 is 1.41. The number of aromatic nitrogens is 2. The molecule has 0 saturated heterocycles. The molecule has 2 aromatic rings. The summed E-state index contributed by atoms with van der Waals surface area (Å²) >= 11 is 5.57. The van der Waals surface area contributed by atoms with Gasteiger partial charge in [-0.3, -0.25) is 14.3 Å². The third kappa shape index (κ3) is 4.57. The van der Waals surface area contributed by atoms with E-state index in [9.17, 15) is 9.59 Å². The number of thiocarbonyl (C=S) groups is 1. The van der Waals surface area contributed by atoms with Crippen LogP contribution in [0.4, 0.5) is 11.5 Å². The van der Waals surface area contributed by atoms with Crippen LogP contribution in [0, 0.1) is 0 Å². The van der Waals surface area contributed by atoms with Crippen molar-refractivity contribution in [2.24, 2.45) is 0 Å². The third-order valence-electron chi connectivity index (χ3n) is 4.55. The summed E-state index contributed by atoms with van der Waals surface area (Å²) in [6.07, 6.45) is 3.82. The number of H-pyrrole nitrogens is 1. The number of unbranched alkanes of at least 4 members (excludes halogenated alkanes) is 1. The number of anilines is 2. The quantitative estimate of drug-likeness (QED) is 0.629. The van der Waals surface area contributed by atoms with Gasteiger partial charge in [-0.05, 0) is 37.0 Å². The van der Waals surface area contributed by atoms with Crippen molar-refractivity contribution in [1.82, 2.24) is 14.9 Å². The number of benzene rings is 1. The average molecular weight is 388 g/mol. The summed E-state index contributed by atoms with van der Waals surface area (Å²) in [6, 6.07) is 10.1. The number of nitrogens with zero attached hydrogens (tertiary/aromatic N) is 2. The van der Waals surface area contributed by atoms with Crippen molar-refractivity contribution in [3.8, 4) is 0 Å². The van der Waals surface area contributed by atoms with Crippen molar-refractivity contribution >= 4 is 28.8 Å². The minimum absolute atomic E-state index is 0.146. The number of rotatable bonds is 7. The summed E-state index contributed by atoms with van der Waals surface area (Å²) in [7, 11) is 0. The van der Waals surface area contributed by atoms with Crippen LogP contribution in [-0.4, -0.2) is 20.7 Å². The molecule has 1 saturated carbocycles. The van der Waals surface area contributed by atoms with Gasteiger partial charge in [0.1, 0.15) is 5.82 Å². The molecule has 0 atom stereocenters. The number of nitrogens with one attached hydrogen (secondary N) is 2. The SMILES string of the molecule is CCCCn1c(N)c(N(Cc2ccccc2)C(=S)NC2CC2)c(=O)[nH]c1=O. The van der Waals surface area contributed by atoms with Crippen LogP contribution in [0.15, 0.2) is 39.9 Å². The van der Waals surface area contributed by atoms with Gasteiger partial charge in [0.15, 0.2) is 10.8 Å². The topological polar surface area (TPSA) is 96.2 Å². The van der Waals surface area contributed by atoms with Gasteiger partial charge in [-0.2, -0.15) is 0 Å². The molecular weight excluding hydrogens is 362 g/mol. The molecule has 8 heteroatoms. The van der Waals surface area contributed by atoms with Gasteiger partial charge in [-0.15, -0.1) is 0 Å². The number of aromatic amines is 1. The van der Waals surface area contributed by atoms with Gasteiger partial charge in [0.05, 0.1) is 6.54 Å². The highest BCUT2D eigenvalue weighted by Crippen LogP contribution is 2.23. The summed E-state index contributed by atoms with van der Waals surface area (Å²) in [6.45, 7) is 2.87. The fraction of sp³-hybridized carbons (Fsp3) is 0.421. The maximum Gasteiger partial charge on any atom is 0.330 e. The Morgan fingerprint density at radius 1 is 1.33 bits per heavy atom. The number of nitrogen functional groups attached to an aromatic ring is 1. The van der Waals surface area contributed by atoms with Crippen molar-refractivity contribution in [3.05, 3.63) is 56.7 Å². The van der Waals surface area contributed by atoms with Crippen LogP contribution in [0.25, 0.3) is 0 Å².